The van der Waals surface area contributed by atoms with Gasteiger partial charge >= 0.3 is 6.03 Å². The van der Waals surface area contributed by atoms with Crippen molar-refractivity contribution >= 4 is 15.9 Å². The second-order valence-electron chi connectivity index (χ2n) is 6.25. The Morgan fingerprint density at radius 1 is 1.31 bits per heavy atom. The lowest BCUT2D eigenvalue weighted by molar-refractivity contribution is 0.228. The fourth-order valence-corrected chi connectivity index (χ4v) is 3.82. The van der Waals surface area contributed by atoms with Gasteiger partial charge in [0.1, 0.15) is 27.2 Å². The van der Waals surface area contributed by atoms with Gasteiger partial charge in [0.25, 0.3) is 0 Å². The third-order valence-corrected chi connectivity index (χ3v) is 5.82. The molecule has 0 radical (unpaired) electrons. The van der Waals surface area contributed by atoms with Crippen LogP contribution in [0.4, 0.5) is 13.6 Å². The first-order chi connectivity index (χ1) is 12.2. The molecular formula is C16H17F2N3O4S. The molecule has 26 heavy (non-hydrogen) atoms. The van der Waals surface area contributed by atoms with Crippen LogP contribution in [0.25, 0.3) is 11.3 Å². The minimum Gasteiger partial charge on any atom is -0.356 e. The molecule has 2 amide bonds. The van der Waals surface area contributed by atoms with Gasteiger partial charge in [-0.1, -0.05) is 5.16 Å². The molecule has 1 fully saturated rings. The van der Waals surface area contributed by atoms with Crippen LogP contribution < -0.4 is 10.6 Å². The summed E-state index contributed by atoms with van der Waals surface area (Å²) in [4.78, 5) is 11.8. The van der Waals surface area contributed by atoms with Gasteiger partial charge in [-0.3, -0.25) is 0 Å². The Balaban J connectivity index is 1.50. The van der Waals surface area contributed by atoms with Crippen LogP contribution in [0.2, 0.25) is 0 Å². The Morgan fingerprint density at radius 3 is 2.69 bits per heavy atom. The number of amides is 2. The van der Waals surface area contributed by atoms with Crippen molar-refractivity contribution in [3.05, 3.63) is 41.6 Å². The van der Waals surface area contributed by atoms with Gasteiger partial charge in [-0.15, -0.1) is 0 Å². The second-order valence-corrected chi connectivity index (χ2v) is 8.58. The van der Waals surface area contributed by atoms with E-state index in [2.05, 4.69) is 15.8 Å². The molecule has 0 saturated heterocycles. The molecule has 140 valence electrons. The van der Waals surface area contributed by atoms with Crippen LogP contribution in [0.3, 0.4) is 0 Å². The summed E-state index contributed by atoms with van der Waals surface area (Å²) in [5.74, 6) is -1.35. The van der Waals surface area contributed by atoms with E-state index >= 15 is 0 Å². The van der Waals surface area contributed by atoms with Gasteiger partial charge in [-0.2, -0.15) is 0 Å². The number of aromatic nitrogens is 1. The van der Waals surface area contributed by atoms with E-state index in [9.17, 15) is 22.0 Å². The number of carbonyl (C=O) groups is 1. The van der Waals surface area contributed by atoms with Crippen molar-refractivity contribution < 1.29 is 26.5 Å². The summed E-state index contributed by atoms with van der Waals surface area (Å²) >= 11 is 0. The van der Waals surface area contributed by atoms with Crippen molar-refractivity contribution in [2.24, 2.45) is 0 Å². The smallest absolute Gasteiger partial charge is 0.315 e. The lowest BCUT2D eigenvalue weighted by Gasteiger charge is -2.34. The van der Waals surface area contributed by atoms with Crippen molar-refractivity contribution in [1.29, 1.82) is 0 Å². The van der Waals surface area contributed by atoms with Gasteiger partial charge in [0.05, 0.1) is 17.4 Å². The van der Waals surface area contributed by atoms with E-state index in [-0.39, 0.29) is 23.9 Å². The van der Waals surface area contributed by atoms with Crippen LogP contribution >= 0.6 is 0 Å². The monoisotopic (exact) mass is 385 g/mol. The molecule has 1 saturated carbocycles. The summed E-state index contributed by atoms with van der Waals surface area (Å²) < 4.78 is 54.3. The van der Waals surface area contributed by atoms with Crippen LogP contribution in [-0.2, 0) is 16.4 Å². The first kappa shape index (κ1) is 18.3. The number of carbonyl (C=O) groups excluding carboxylic acids is 1. The van der Waals surface area contributed by atoms with Crippen LogP contribution in [0.15, 0.2) is 28.8 Å². The Hall–Kier alpha value is -2.49. The van der Waals surface area contributed by atoms with E-state index in [1.807, 2.05) is 0 Å². The number of sulfone groups is 1. The molecule has 0 spiro atoms. The standard InChI is InChI=1S/C16H17F2N3O4S/c1-26(23,24)12-5-10(6-12)20-16(22)19-8-11-7-15(25-21-11)13-3-2-9(17)4-14(13)18/h2-4,7,10,12H,5-6,8H2,1H3,(H2,19,20,22). The van der Waals surface area contributed by atoms with Crippen molar-refractivity contribution in [3.8, 4) is 11.3 Å². The van der Waals surface area contributed by atoms with Crippen molar-refractivity contribution in [1.82, 2.24) is 15.8 Å². The molecule has 3 rings (SSSR count). The summed E-state index contributed by atoms with van der Waals surface area (Å²) in [6.45, 7) is 0.0420. The average Bonchev–Trinajstić information content (AvgIpc) is 2.96. The topological polar surface area (TPSA) is 101 Å². The van der Waals surface area contributed by atoms with E-state index in [1.54, 1.807) is 0 Å². The highest BCUT2D eigenvalue weighted by molar-refractivity contribution is 7.91. The fourth-order valence-electron chi connectivity index (χ4n) is 2.65. The summed E-state index contributed by atoms with van der Waals surface area (Å²) in [5.41, 5.74) is 0.428. The highest BCUT2D eigenvalue weighted by atomic mass is 32.2. The van der Waals surface area contributed by atoms with E-state index in [0.29, 0.717) is 18.5 Å². The molecule has 0 bridgehead atoms. The number of rotatable bonds is 5. The predicted octanol–water partition coefficient (Wildman–Crippen LogP) is 1.99. The van der Waals surface area contributed by atoms with Crippen LogP contribution in [0.5, 0.6) is 0 Å². The van der Waals surface area contributed by atoms with Gasteiger partial charge in [0.2, 0.25) is 0 Å². The van der Waals surface area contributed by atoms with Crippen molar-refractivity contribution in [3.63, 3.8) is 0 Å². The Labute approximate surface area is 148 Å². The highest BCUT2D eigenvalue weighted by Crippen LogP contribution is 2.26. The second kappa shape index (κ2) is 7.02. The average molecular weight is 385 g/mol. The number of urea groups is 1. The van der Waals surface area contributed by atoms with Crippen molar-refractivity contribution in [2.45, 2.75) is 30.7 Å². The number of benzene rings is 1. The van der Waals surface area contributed by atoms with Gasteiger partial charge < -0.3 is 15.2 Å². The maximum Gasteiger partial charge on any atom is 0.315 e. The summed E-state index contributed by atoms with van der Waals surface area (Å²) in [6, 6.07) is 3.89. The van der Waals surface area contributed by atoms with Crippen LogP contribution in [0, 0.1) is 11.6 Å². The Bertz CT molecular complexity index is 923. The predicted molar refractivity (Wildman–Crippen MR) is 88.9 cm³/mol. The van der Waals surface area contributed by atoms with E-state index in [1.165, 1.54) is 18.4 Å². The zero-order valence-corrected chi connectivity index (χ0v) is 14.6. The van der Waals surface area contributed by atoms with E-state index < -0.39 is 32.8 Å². The number of hydrogen-bond acceptors (Lipinski definition) is 5. The molecule has 1 aliphatic rings. The SMILES string of the molecule is CS(=O)(=O)C1CC(NC(=O)NCc2cc(-c3ccc(F)cc3F)on2)C1. The Morgan fingerprint density at radius 2 is 2.04 bits per heavy atom. The molecule has 1 aromatic heterocycles. The number of nitrogens with one attached hydrogen (secondary N) is 2. The maximum absolute atomic E-state index is 13.7. The number of nitrogens with zero attached hydrogens (tertiary/aromatic N) is 1. The number of hydrogen-bond donors (Lipinski definition) is 2. The largest absolute Gasteiger partial charge is 0.356 e. The molecule has 7 nitrogen and oxygen atoms in total. The quantitative estimate of drug-likeness (QED) is 0.820. The molecule has 0 unspecified atom stereocenters. The summed E-state index contributed by atoms with van der Waals surface area (Å²) in [5, 5.41) is 8.55. The molecule has 2 aromatic rings. The maximum atomic E-state index is 13.7. The van der Waals surface area contributed by atoms with Gasteiger partial charge in [0, 0.05) is 24.4 Å². The molecule has 1 heterocycles. The van der Waals surface area contributed by atoms with Gasteiger partial charge in [-0.25, -0.2) is 22.0 Å². The Kier molecular flexibility index (Phi) is 4.94. The molecule has 10 heteroatoms. The summed E-state index contributed by atoms with van der Waals surface area (Å²) in [6.07, 6.45) is 1.97. The van der Waals surface area contributed by atoms with E-state index in [0.717, 1.165) is 12.1 Å². The molecule has 0 atom stereocenters. The first-order valence-corrected chi connectivity index (χ1v) is 9.82. The highest BCUT2D eigenvalue weighted by Gasteiger charge is 2.36. The van der Waals surface area contributed by atoms with Crippen LogP contribution in [-0.4, -0.2) is 37.2 Å². The molecule has 0 aliphatic heterocycles. The minimum absolute atomic E-state index is 0.0420. The zero-order valence-electron chi connectivity index (χ0n) is 13.8. The third-order valence-electron chi connectivity index (χ3n) is 4.22. The lowest BCUT2D eigenvalue weighted by atomic mass is 9.92. The number of halogens is 2. The van der Waals surface area contributed by atoms with Crippen LogP contribution in [0.1, 0.15) is 18.5 Å². The zero-order chi connectivity index (χ0) is 18.9. The molecule has 2 N–H and O–H groups in total. The third kappa shape index (κ3) is 4.18. The lowest BCUT2D eigenvalue weighted by Crippen LogP contribution is -2.52. The minimum atomic E-state index is -3.07. The summed E-state index contributed by atoms with van der Waals surface area (Å²) in [7, 11) is -3.07. The fraction of sp³-hybridized carbons (Fsp3) is 0.375. The first-order valence-electron chi connectivity index (χ1n) is 7.86. The van der Waals surface area contributed by atoms with Gasteiger partial charge in [0.15, 0.2) is 5.76 Å². The molecule has 1 aliphatic carbocycles. The van der Waals surface area contributed by atoms with E-state index in [4.69, 9.17) is 4.52 Å². The van der Waals surface area contributed by atoms with Gasteiger partial charge in [-0.05, 0) is 25.0 Å². The normalized spacial score (nSPS) is 19.7. The molecular weight excluding hydrogens is 368 g/mol. The molecule has 1 aromatic carbocycles. The van der Waals surface area contributed by atoms with Crippen molar-refractivity contribution in [2.75, 3.05) is 6.26 Å².